The first-order valence-electron chi connectivity index (χ1n) is 4.67. The molecule has 0 amide bonds. The summed E-state index contributed by atoms with van der Waals surface area (Å²) < 4.78 is 4.61. The second-order valence-corrected chi connectivity index (χ2v) is 3.69. The first kappa shape index (κ1) is 17.4. The van der Waals surface area contributed by atoms with Gasteiger partial charge in [0, 0.05) is 0 Å². The van der Waals surface area contributed by atoms with E-state index in [1.807, 2.05) is 0 Å². The minimum Gasteiger partial charge on any atom is -0.468 e. The first-order valence-corrected chi connectivity index (χ1v) is 4.67. The van der Waals surface area contributed by atoms with Crippen LogP contribution in [0.4, 0.5) is 0 Å². The van der Waals surface area contributed by atoms with E-state index in [0.717, 1.165) is 25.9 Å². The molecule has 92 valence electrons. The number of nitrogens with two attached hydrogens (primary N) is 1. The monoisotopic (exact) mass is 258 g/mol. The molecule has 0 bridgehead atoms. The van der Waals surface area contributed by atoms with Crippen LogP contribution in [0.1, 0.15) is 12.8 Å². The lowest BCUT2D eigenvalue weighted by atomic mass is 9.90. The summed E-state index contributed by atoms with van der Waals surface area (Å²) >= 11 is 0. The number of esters is 1. The summed E-state index contributed by atoms with van der Waals surface area (Å²) in [6.45, 7) is 2.05. The summed E-state index contributed by atoms with van der Waals surface area (Å²) in [7, 11) is 3.47. The van der Waals surface area contributed by atoms with E-state index in [-0.39, 0.29) is 30.8 Å². The van der Waals surface area contributed by atoms with Gasteiger partial charge < -0.3 is 15.4 Å². The molecule has 0 radical (unpaired) electrons. The fourth-order valence-electron chi connectivity index (χ4n) is 1.72. The molecule has 0 aliphatic carbocycles. The predicted molar refractivity (Wildman–Crippen MR) is 64.7 cm³/mol. The quantitative estimate of drug-likeness (QED) is 0.741. The second kappa shape index (κ2) is 8.16. The molecular weight excluding hydrogens is 239 g/mol. The minimum absolute atomic E-state index is 0. The summed E-state index contributed by atoms with van der Waals surface area (Å²) in [6, 6.07) is -0.432. The van der Waals surface area contributed by atoms with Crippen molar-refractivity contribution in [1.82, 2.24) is 4.90 Å². The smallest absolute Gasteiger partial charge is 0.322 e. The predicted octanol–water partition coefficient (Wildman–Crippen LogP) is 0.672. The van der Waals surface area contributed by atoms with Crippen molar-refractivity contribution in [3.8, 4) is 0 Å². The molecule has 1 rings (SSSR count). The van der Waals surface area contributed by atoms with Gasteiger partial charge in [0.1, 0.15) is 6.04 Å². The van der Waals surface area contributed by atoms with Crippen LogP contribution in [0.15, 0.2) is 0 Å². The number of rotatable bonds is 2. The molecule has 0 saturated carbocycles. The first-order chi connectivity index (χ1) is 6.15. The van der Waals surface area contributed by atoms with E-state index < -0.39 is 6.04 Å². The van der Waals surface area contributed by atoms with Crippen molar-refractivity contribution in [3.63, 3.8) is 0 Å². The van der Waals surface area contributed by atoms with Crippen LogP contribution in [0.25, 0.3) is 0 Å². The number of hydrogen-bond donors (Lipinski definition) is 1. The standard InChI is InChI=1S/C9H18N2O2.2ClH/c1-11-5-3-7(4-6-11)8(10)9(12)13-2;;/h7-8H,3-6,10H2,1-2H3;2*1H. The Hall–Kier alpha value is -0.0300. The molecule has 1 atom stereocenters. The summed E-state index contributed by atoms with van der Waals surface area (Å²) in [5.41, 5.74) is 5.75. The van der Waals surface area contributed by atoms with Gasteiger partial charge in [-0.2, -0.15) is 0 Å². The van der Waals surface area contributed by atoms with Gasteiger partial charge in [0.2, 0.25) is 0 Å². The highest BCUT2D eigenvalue weighted by Gasteiger charge is 2.27. The van der Waals surface area contributed by atoms with E-state index in [9.17, 15) is 4.79 Å². The molecule has 1 unspecified atom stereocenters. The van der Waals surface area contributed by atoms with Crippen molar-refractivity contribution in [2.24, 2.45) is 11.7 Å². The maximum absolute atomic E-state index is 11.1. The van der Waals surface area contributed by atoms with Gasteiger partial charge in [-0.3, -0.25) is 4.79 Å². The van der Waals surface area contributed by atoms with Gasteiger partial charge in [-0.05, 0) is 38.9 Å². The summed E-state index contributed by atoms with van der Waals surface area (Å²) in [6.07, 6.45) is 1.99. The second-order valence-electron chi connectivity index (χ2n) is 3.69. The van der Waals surface area contributed by atoms with Crippen LogP contribution < -0.4 is 5.73 Å². The van der Waals surface area contributed by atoms with Gasteiger partial charge in [0.05, 0.1) is 7.11 Å². The molecule has 0 aromatic carbocycles. The van der Waals surface area contributed by atoms with E-state index in [4.69, 9.17) is 5.73 Å². The number of carbonyl (C=O) groups is 1. The number of halogens is 2. The van der Waals surface area contributed by atoms with Gasteiger partial charge in [-0.25, -0.2) is 0 Å². The van der Waals surface area contributed by atoms with Gasteiger partial charge >= 0.3 is 5.97 Å². The van der Waals surface area contributed by atoms with Crippen LogP contribution in [0.3, 0.4) is 0 Å². The van der Waals surface area contributed by atoms with Crippen molar-refractivity contribution in [2.45, 2.75) is 18.9 Å². The Labute approximate surface area is 103 Å². The van der Waals surface area contributed by atoms with Crippen LogP contribution in [0.2, 0.25) is 0 Å². The highest BCUT2D eigenvalue weighted by atomic mass is 35.5. The molecule has 1 saturated heterocycles. The van der Waals surface area contributed by atoms with Crippen molar-refractivity contribution < 1.29 is 9.53 Å². The number of methoxy groups -OCH3 is 1. The lowest BCUT2D eigenvalue weighted by molar-refractivity contribution is -0.143. The number of likely N-dealkylation sites (tertiary alicyclic amines) is 1. The summed E-state index contributed by atoms with van der Waals surface area (Å²) in [5, 5.41) is 0. The zero-order valence-electron chi connectivity index (χ0n) is 9.14. The Kier molecular flexibility index (Phi) is 9.45. The molecule has 4 nitrogen and oxygen atoms in total. The maximum Gasteiger partial charge on any atom is 0.322 e. The molecular formula is C9H20Cl2N2O2. The van der Waals surface area contributed by atoms with Crippen LogP contribution >= 0.6 is 24.8 Å². The number of hydrogen-bond acceptors (Lipinski definition) is 4. The van der Waals surface area contributed by atoms with Crippen molar-refractivity contribution >= 4 is 30.8 Å². The highest BCUT2D eigenvalue weighted by molar-refractivity contribution is 5.85. The zero-order valence-corrected chi connectivity index (χ0v) is 10.8. The minimum atomic E-state index is -0.432. The third-order valence-electron chi connectivity index (χ3n) is 2.74. The average molecular weight is 259 g/mol. The molecule has 1 aliphatic heterocycles. The lowest BCUT2D eigenvalue weighted by Crippen LogP contribution is -2.44. The fraction of sp³-hybridized carbons (Fsp3) is 0.889. The maximum atomic E-state index is 11.1. The van der Waals surface area contributed by atoms with Crippen LogP contribution in [0.5, 0.6) is 0 Å². The Morgan fingerprint density at radius 1 is 1.40 bits per heavy atom. The van der Waals surface area contributed by atoms with Crippen molar-refractivity contribution in [2.75, 3.05) is 27.2 Å². The third-order valence-corrected chi connectivity index (χ3v) is 2.74. The summed E-state index contributed by atoms with van der Waals surface area (Å²) in [4.78, 5) is 13.4. The van der Waals surface area contributed by atoms with E-state index in [1.165, 1.54) is 7.11 Å². The molecule has 2 N–H and O–H groups in total. The summed E-state index contributed by atoms with van der Waals surface area (Å²) in [5.74, 6) is 0.0122. The highest BCUT2D eigenvalue weighted by Crippen LogP contribution is 2.19. The van der Waals surface area contributed by atoms with Crippen LogP contribution in [-0.4, -0.2) is 44.2 Å². The largest absolute Gasteiger partial charge is 0.468 e. The van der Waals surface area contributed by atoms with Gasteiger partial charge in [0.25, 0.3) is 0 Å². The molecule has 0 aromatic rings. The van der Waals surface area contributed by atoms with Gasteiger partial charge in [-0.15, -0.1) is 24.8 Å². The number of ether oxygens (including phenoxy) is 1. The number of carbonyl (C=O) groups excluding carboxylic acids is 1. The van der Waals surface area contributed by atoms with Gasteiger partial charge in [0.15, 0.2) is 0 Å². The topological polar surface area (TPSA) is 55.6 Å². The van der Waals surface area contributed by atoms with E-state index >= 15 is 0 Å². The molecule has 6 heteroatoms. The molecule has 1 fully saturated rings. The van der Waals surface area contributed by atoms with Gasteiger partial charge in [-0.1, -0.05) is 0 Å². The number of nitrogens with zero attached hydrogens (tertiary/aromatic N) is 1. The average Bonchev–Trinajstić information content (AvgIpc) is 2.17. The molecule has 0 spiro atoms. The molecule has 0 aromatic heterocycles. The number of piperidine rings is 1. The molecule has 1 heterocycles. The normalized spacial score (nSPS) is 19.7. The Bertz CT molecular complexity index is 185. The lowest BCUT2D eigenvalue weighted by Gasteiger charge is -2.31. The van der Waals surface area contributed by atoms with Crippen LogP contribution in [0, 0.1) is 5.92 Å². The van der Waals surface area contributed by atoms with E-state index in [1.54, 1.807) is 0 Å². The van der Waals surface area contributed by atoms with E-state index in [0.29, 0.717) is 5.92 Å². The Morgan fingerprint density at radius 2 is 1.87 bits per heavy atom. The van der Waals surface area contributed by atoms with Crippen LogP contribution in [-0.2, 0) is 9.53 Å². The molecule has 15 heavy (non-hydrogen) atoms. The molecule has 1 aliphatic rings. The third kappa shape index (κ3) is 5.02. The zero-order chi connectivity index (χ0) is 9.84. The SMILES string of the molecule is COC(=O)C(N)C1CCN(C)CC1.Cl.Cl. The fourth-order valence-corrected chi connectivity index (χ4v) is 1.72. The Balaban J connectivity index is 0. The van der Waals surface area contributed by atoms with Crippen molar-refractivity contribution in [1.29, 1.82) is 0 Å². The van der Waals surface area contributed by atoms with Crippen molar-refractivity contribution in [3.05, 3.63) is 0 Å². The Morgan fingerprint density at radius 3 is 2.27 bits per heavy atom. The van der Waals surface area contributed by atoms with E-state index in [2.05, 4.69) is 16.7 Å².